The van der Waals surface area contributed by atoms with Gasteiger partial charge < -0.3 is 19.9 Å². The van der Waals surface area contributed by atoms with Crippen molar-refractivity contribution in [3.8, 4) is 0 Å². The maximum atomic E-state index is 11.7. The molecule has 128 valence electrons. The molecule has 0 saturated heterocycles. The summed E-state index contributed by atoms with van der Waals surface area (Å²) in [7, 11) is 0. The molecule has 2 atom stereocenters. The van der Waals surface area contributed by atoms with Gasteiger partial charge in [0.05, 0.1) is 12.7 Å². The number of carboxylic acid groups (broad SMARTS) is 1. The first-order valence-electron chi connectivity index (χ1n) is 7.17. The van der Waals surface area contributed by atoms with Gasteiger partial charge in [0, 0.05) is 5.02 Å². The minimum absolute atomic E-state index is 0.206. The fraction of sp³-hybridized carbons (Fsp3) is 0.500. The van der Waals surface area contributed by atoms with E-state index in [2.05, 4.69) is 5.32 Å². The van der Waals surface area contributed by atoms with Gasteiger partial charge in [0.2, 0.25) is 0 Å². The van der Waals surface area contributed by atoms with Crippen LogP contribution < -0.4 is 5.32 Å². The molecule has 23 heavy (non-hydrogen) atoms. The third-order valence-corrected chi connectivity index (χ3v) is 3.09. The summed E-state index contributed by atoms with van der Waals surface area (Å²) in [5.41, 5.74) is 0.142. The van der Waals surface area contributed by atoms with Crippen molar-refractivity contribution < 1.29 is 24.2 Å². The van der Waals surface area contributed by atoms with E-state index in [1.165, 1.54) is 0 Å². The molecular formula is C16H22ClNO5. The van der Waals surface area contributed by atoms with Gasteiger partial charge in [0.15, 0.2) is 6.04 Å². The van der Waals surface area contributed by atoms with Crippen molar-refractivity contribution in [1.29, 1.82) is 0 Å². The quantitative estimate of drug-likeness (QED) is 0.828. The van der Waals surface area contributed by atoms with Crippen molar-refractivity contribution in [1.82, 2.24) is 5.32 Å². The van der Waals surface area contributed by atoms with Crippen molar-refractivity contribution in [3.63, 3.8) is 0 Å². The molecule has 0 aliphatic carbocycles. The number of hydrogen-bond donors (Lipinski definition) is 2. The van der Waals surface area contributed by atoms with E-state index in [4.69, 9.17) is 21.1 Å². The molecule has 0 fully saturated rings. The van der Waals surface area contributed by atoms with Crippen molar-refractivity contribution >= 4 is 23.7 Å². The Morgan fingerprint density at radius 2 is 1.83 bits per heavy atom. The molecule has 0 radical (unpaired) electrons. The summed E-state index contributed by atoms with van der Waals surface area (Å²) in [6.07, 6.45) is -1.54. The predicted octanol–water partition coefficient (Wildman–Crippen LogP) is 3.22. The van der Waals surface area contributed by atoms with E-state index in [0.29, 0.717) is 5.02 Å². The number of carboxylic acids is 1. The minimum Gasteiger partial charge on any atom is -0.480 e. The third kappa shape index (κ3) is 7.34. The standard InChI is InChI=1S/C16H22ClNO5/c1-10(22-9-11-5-7-12(17)8-6-11)13(14(19)20)18-15(21)23-16(2,3)4/h5-8,10,13H,9H2,1-4H3,(H,18,21)(H,19,20)/t10-,13-/m1/s1. The lowest BCUT2D eigenvalue weighted by Crippen LogP contribution is -2.50. The number of carbonyl (C=O) groups excluding carboxylic acids is 1. The van der Waals surface area contributed by atoms with E-state index in [-0.39, 0.29) is 6.61 Å². The van der Waals surface area contributed by atoms with Crippen LogP contribution in [0.5, 0.6) is 0 Å². The largest absolute Gasteiger partial charge is 0.480 e. The van der Waals surface area contributed by atoms with Gasteiger partial charge in [-0.3, -0.25) is 0 Å². The highest BCUT2D eigenvalue weighted by Gasteiger charge is 2.29. The molecule has 1 rings (SSSR count). The number of halogens is 1. The second kappa shape index (κ2) is 8.17. The Kier molecular flexibility index (Phi) is 6.84. The second-order valence-corrected chi connectivity index (χ2v) is 6.54. The van der Waals surface area contributed by atoms with Gasteiger partial charge in [0.1, 0.15) is 5.60 Å². The average molecular weight is 344 g/mol. The summed E-state index contributed by atoms with van der Waals surface area (Å²) in [5.74, 6) is -1.19. The van der Waals surface area contributed by atoms with Crippen LogP contribution in [0.1, 0.15) is 33.3 Å². The molecule has 1 aromatic rings. The number of amides is 1. The number of nitrogens with one attached hydrogen (secondary N) is 1. The summed E-state index contributed by atoms with van der Waals surface area (Å²) >= 11 is 5.80. The van der Waals surface area contributed by atoms with Gasteiger partial charge in [-0.05, 0) is 45.4 Å². The van der Waals surface area contributed by atoms with Crippen LogP contribution in [0.4, 0.5) is 4.79 Å². The molecule has 0 heterocycles. The zero-order chi connectivity index (χ0) is 17.6. The van der Waals surface area contributed by atoms with Crippen LogP contribution >= 0.6 is 11.6 Å². The highest BCUT2D eigenvalue weighted by molar-refractivity contribution is 6.30. The van der Waals surface area contributed by atoms with Gasteiger partial charge in [0.25, 0.3) is 0 Å². The van der Waals surface area contributed by atoms with Crippen molar-refractivity contribution in [2.24, 2.45) is 0 Å². The van der Waals surface area contributed by atoms with Crippen LogP contribution in [-0.4, -0.2) is 34.9 Å². The fourth-order valence-corrected chi connectivity index (χ4v) is 1.84. The molecule has 0 aliphatic rings. The molecule has 7 heteroatoms. The fourth-order valence-electron chi connectivity index (χ4n) is 1.72. The Morgan fingerprint density at radius 3 is 2.30 bits per heavy atom. The number of aliphatic carboxylic acids is 1. The predicted molar refractivity (Wildman–Crippen MR) is 86.5 cm³/mol. The van der Waals surface area contributed by atoms with E-state index in [1.54, 1.807) is 52.0 Å². The van der Waals surface area contributed by atoms with Gasteiger partial charge in [-0.15, -0.1) is 0 Å². The Balaban J connectivity index is 2.60. The maximum absolute atomic E-state index is 11.7. The van der Waals surface area contributed by atoms with Crippen molar-refractivity contribution in [3.05, 3.63) is 34.9 Å². The van der Waals surface area contributed by atoms with Crippen LogP contribution in [0.15, 0.2) is 24.3 Å². The first-order valence-corrected chi connectivity index (χ1v) is 7.54. The summed E-state index contributed by atoms with van der Waals surface area (Å²) in [6, 6.07) is 5.80. The first-order chi connectivity index (χ1) is 10.6. The van der Waals surface area contributed by atoms with E-state index in [1.807, 2.05) is 0 Å². The molecule has 0 saturated carbocycles. The summed E-state index contributed by atoms with van der Waals surface area (Å²) in [4.78, 5) is 23.1. The van der Waals surface area contributed by atoms with E-state index in [9.17, 15) is 14.7 Å². The number of alkyl carbamates (subject to hydrolysis) is 1. The van der Waals surface area contributed by atoms with E-state index >= 15 is 0 Å². The number of benzene rings is 1. The monoisotopic (exact) mass is 343 g/mol. The summed E-state index contributed by atoms with van der Waals surface area (Å²) in [6.45, 7) is 6.87. The number of rotatable bonds is 6. The Bertz CT molecular complexity index is 538. The number of hydrogen-bond acceptors (Lipinski definition) is 4. The second-order valence-electron chi connectivity index (χ2n) is 6.10. The van der Waals surface area contributed by atoms with Gasteiger partial charge in [-0.25, -0.2) is 9.59 Å². The van der Waals surface area contributed by atoms with Gasteiger partial charge >= 0.3 is 12.1 Å². The highest BCUT2D eigenvalue weighted by Crippen LogP contribution is 2.12. The zero-order valence-corrected chi connectivity index (χ0v) is 14.4. The third-order valence-electron chi connectivity index (χ3n) is 2.83. The van der Waals surface area contributed by atoms with Gasteiger partial charge in [-0.2, -0.15) is 0 Å². The molecule has 0 bridgehead atoms. The van der Waals surface area contributed by atoms with Crippen molar-refractivity contribution in [2.75, 3.05) is 0 Å². The van der Waals surface area contributed by atoms with Crippen LogP contribution in [0.25, 0.3) is 0 Å². The lowest BCUT2D eigenvalue weighted by Gasteiger charge is -2.25. The normalized spacial score (nSPS) is 14.0. The minimum atomic E-state index is -1.21. The maximum Gasteiger partial charge on any atom is 0.408 e. The SMILES string of the molecule is C[C@@H](OCc1ccc(Cl)cc1)[C@@H](NC(=O)OC(C)(C)C)C(=O)O. The first kappa shape index (κ1) is 19.3. The highest BCUT2D eigenvalue weighted by atomic mass is 35.5. The molecule has 1 aromatic carbocycles. The molecule has 1 amide bonds. The summed E-state index contributed by atoms with van der Waals surface area (Å²) in [5, 5.41) is 12.2. The molecule has 0 aromatic heterocycles. The number of ether oxygens (including phenoxy) is 2. The smallest absolute Gasteiger partial charge is 0.408 e. The molecule has 0 unspecified atom stereocenters. The van der Waals surface area contributed by atoms with E-state index < -0.39 is 29.8 Å². The topological polar surface area (TPSA) is 84.9 Å². The molecule has 2 N–H and O–H groups in total. The Labute approximate surface area is 140 Å². The zero-order valence-electron chi connectivity index (χ0n) is 13.6. The average Bonchev–Trinajstić information content (AvgIpc) is 2.41. The molecule has 0 spiro atoms. The summed E-state index contributed by atoms with van der Waals surface area (Å²) < 4.78 is 10.6. The van der Waals surface area contributed by atoms with Crippen LogP contribution in [0.3, 0.4) is 0 Å². The lowest BCUT2D eigenvalue weighted by atomic mass is 10.1. The number of carbonyl (C=O) groups is 2. The van der Waals surface area contributed by atoms with E-state index in [0.717, 1.165) is 5.56 Å². The van der Waals surface area contributed by atoms with Crippen LogP contribution in [0, 0.1) is 0 Å². The molecule has 0 aliphatic heterocycles. The molecular weight excluding hydrogens is 322 g/mol. The van der Waals surface area contributed by atoms with Gasteiger partial charge in [-0.1, -0.05) is 23.7 Å². The van der Waals surface area contributed by atoms with Crippen LogP contribution in [0.2, 0.25) is 5.02 Å². The Morgan fingerprint density at radius 1 is 1.26 bits per heavy atom. The Hall–Kier alpha value is -1.79. The molecule has 6 nitrogen and oxygen atoms in total. The van der Waals surface area contributed by atoms with Crippen molar-refractivity contribution in [2.45, 2.75) is 52.0 Å². The lowest BCUT2D eigenvalue weighted by molar-refractivity contribution is -0.143. The van der Waals surface area contributed by atoms with Crippen LogP contribution in [-0.2, 0) is 20.9 Å².